The topological polar surface area (TPSA) is 30.5 Å². The van der Waals surface area contributed by atoms with Gasteiger partial charge in [-0.05, 0) is 23.1 Å². The van der Waals surface area contributed by atoms with Crippen molar-refractivity contribution < 1.29 is 9.47 Å². The molecule has 0 bridgehead atoms. The van der Waals surface area contributed by atoms with Crippen molar-refractivity contribution >= 4 is 5.69 Å². The van der Waals surface area contributed by atoms with E-state index in [1.165, 1.54) is 5.56 Å². The van der Waals surface area contributed by atoms with Gasteiger partial charge in [0.1, 0.15) is 0 Å². The first kappa shape index (κ1) is 15.0. The zero-order valence-electron chi connectivity index (χ0n) is 12.0. The molecule has 0 aliphatic heterocycles. The summed E-state index contributed by atoms with van der Waals surface area (Å²) in [6.45, 7) is 9.49. The van der Waals surface area contributed by atoms with Gasteiger partial charge in [-0.3, -0.25) is 0 Å². The van der Waals surface area contributed by atoms with E-state index in [1.807, 2.05) is 0 Å². The molecular formula is C15H25NO2. The van der Waals surface area contributed by atoms with Crippen LogP contribution in [0.5, 0.6) is 0 Å². The van der Waals surface area contributed by atoms with Crippen LogP contribution in [-0.2, 0) is 14.9 Å². The summed E-state index contributed by atoms with van der Waals surface area (Å²) < 4.78 is 10.3. The van der Waals surface area contributed by atoms with Crippen molar-refractivity contribution in [2.24, 2.45) is 0 Å². The third-order valence-corrected chi connectivity index (χ3v) is 2.76. The summed E-state index contributed by atoms with van der Waals surface area (Å²) in [6.07, 6.45) is 0. The molecule has 0 saturated carbocycles. The Kier molecular flexibility index (Phi) is 6.16. The molecule has 0 aromatic heterocycles. The normalized spacial score (nSPS) is 11.6. The standard InChI is InChI=1S/C15H25NO2/c1-15(2,3)13-5-7-14(8-6-13)16-9-10-18-12-11-17-4/h5-8,16H,9-12H2,1-4H3. The second kappa shape index (κ2) is 7.39. The number of nitrogens with one attached hydrogen (secondary N) is 1. The van der Waals surface area contributed by atoms with Crippen LogP contribution in [0.4, 0.5) is 5.69 Å². The van der Waals surface area contributed by atoms with Gasteiger partial charge in [-0.2, -0.15) is 0 Å². The molecule has 0 aliphatic rings. The molecule has 1 rings (SSSR count). The van der Waals surface area contributed by atoms with E-state index in [1.54, 1.807) is 7.11 Å². The Morgan fingerprint density at radius 1 is 1.00 bits per heavy atom. The highest BCUT2D eigenvalue weighted by Crippen LogP contribution is 2.23. The Morgan fingerprint density at radius 3 is 2.22 bits per heavy atom. The van der Waals surface area contributed by atoms with Gasteiger partial charge in [0.2, 0.25) is 0 Å². The van der Waals surface area contributed by atoms with E-state index in [-0.39, 0.29) is 5.41 Å². The molecule has 0 aliphatic carbocycles. The first-order valence-corrected chi connectivity index (χ1v) is 6.45. The highest BCUT2D eigenvalue weighted by Gasteiger charge is 2.12. The monoisotopic (exact) mass is 251 g/mol. The van der Waals surface area contributed by atoms with Gasteiger partial charge >= 0.3 is 0 Å². The van der Waals surface area contributed by atoms with Gasteiger partial charge in [0, 0.05) is 19.3 Å². The maximum atomic E-state index is 5.39. The van der Waals surface area contributed by atoms with Crippen molar-refractivity contribution in [1.29, 1.82) is 0 Å². The maximum absolute atomic E-state index is 5.39. The first-order valence-electron chi connectivity index (χ1n) is 6.45. The quantitative estimate of drug-likeness (QED) is 0.756. The summed E-state index contributed by atoms with van der Waals surface area (Å²) in [5, 5.41) is 3.33. The average molecular weight is 251 g/mol. The fraction of sp³-hybridized carbons (Fsp3) is 0.600. The molecule has 18 heavy (non-hydrogen) atoms. The van der Waals surface area contributed by atoms with Gasteiger partial charge in [-0.1, -0.05) is 32.9 Å². The lowest BCUT2D eigenvalue weighted by atomic mass is 9.87. The van der Waals surface area contributed by atoms with Crippen LogP contribution in [0.1, 0.15) is 26.3 Å². The van der Waals surface area contributed by atoms with Gasteiger partial charge in [0.25, 0.3) is 0 Å². The molecule has 0 radical (unpaired) electrons. The largest absolute Gasteiger partial charge is 0.383 e. The molecule has 1 N–H and O–H groups in total. The fourth-order valence-corrected chi connectivity index (χ4v) is 1.60. The fourth-order valence-electron chi connectivity index (χ4n) is 1.60. The van der Waals surface area contributed by atoms with Gasteiger partial charge in [-0.25, -0.2) is 0 Å². The molecule has 0 saturated heterocycles. The van der Waals surface area contributed by atoms with E-state index < -0.39 is 0 Å². The van der Waals surface area contributed by atoms with Crippen LogP contribution in [0.3, 0.4) is 0 Å². The average Bonchev–Trinajstić information content (AvgIpc) is 2.33. The van der Waals surface area contributed by atoms with Crippen molar-refractivity contribution in [3.8, 4) is 0 Å². The Morgan fingerprint density at radius 2 is 1.67 bits per heavy atom. The SMILES string of the molecule is COCCOCCNc1ccc(C(C)(C)C)cc1. The van der Waals surface area contributed by atoms with Crippen LogP contribution in [0.15, 0.2) is 24.3 Å². The molecule has 3 nitrogen and oxygen atoms in total. The van der Waals surface area contributed by atoms with Gasteiger partial charge < -0.3 is 14.8 Å². The lowest BCUT2D eigenvalue weighted by Crippen LogP contribution is -2.13. The van der Waals surface area contributed by atoms with E-state index in [2.05, 4.69) is 50.4 Å². The number of anilines is 1. The lowest BCUT2D eigenvalue weighted by Gasteiger charge is -2.19. The highest BCUT2D eigenvalue weighted by atomic mass is 16.5. The smallest absolute Gasteiger partial charge is 0.0701 e. The Hall–Kier alpha value is -1.06. The molecule has 0 heterocycles. The first-order chi connectivity index (χ1) is 8.54. The van der Waals surface area contributed by atoms with Crippen LogP contribution in [0.2, 0.25) is 0 Å². The zero-order chi connectivity index (χ0) is 13.4. The summed E-state index contributed by atoms with van der Waals surface area (Å²) in [6, 6.07) is 8.59. The van der Waals surface area contributed by atoms with E-state index in [9.17, 15) is 0 Å². The molecule has 3 heteroatoms. The molecule has 0 amide bonds. The summed E-state index contributed by atoms with van der Waals surface area (Å²) in [5.74, 6) is 0. The Labute approximate surface area is 110 Å². The van der Waals surface area contributed by atoms with Crippen molar-refractivity contribution in [3.63, 3.8) is 0 Å². The number of benzene rings is 1. The third kappa shape index (κ3) is 5.52. The molecule has 1 aromatic rings. The van der Waals surface area contributed by atoms with E-state index in [0.29, 0.717) is 19.8 Å². The van der Waals surface area contributed by atoms with Crippen LogP contribution in [0.25, 0.3) is 0 Å². The number of ether oxygens (including phenoxy) is 2. The summed E-state index contributed by atoms with van der Waals surface area (Å²) in [4.78, 5) is 0. The second-order valence-corrected chi connectivity index (χ2v) is 5.36. The van der Waals surface area contributed by atoms with Crippen molar-refractivity contribution in [1.82, 2.24) is 0 Å². The predicted octanol–water partition coefficient (Wildman–Crippen LogP) is 3.06. The molecule has 0 fully saturated rings. The minimum Gasteiger partial charge on any atom is -0.383 e. The number of hydrogen-bond donors (Lipinski definition) is 1. The predicted molar refractivity (Wildman–Crippen MR) is 76.3 cm³/mol. The van der Waals surface area contributed by atoms with E-state index in [0.717, 1.165) is 12.2 Å². The molecular weight excluding hydrogens is 226 g/mol. The van der Waals surface area contributed by atoms with Gasteiger partial charge in [0.15, 0.2) is 0 Å². The second-order valence-electron chi connectivity index (χ2n) is 5.36. The van der Waals surface area contributed by atoms with Crippen molar-refractivity contribution in [2.45, 2.75) is 26.2 Å². The van der Waals surface area contributed by atoms with Gasteiger partial charge in [0.05, 0.1) is 19.8 Å². The molecule has 1 aromatic carbocycles. The highest BCUT2D eigenvalue weighted by molar-refractivity contribution is 5.45. The van der Waals surface area contributed by atoms with Crippen LogP contribution < -0.4 is 5.32 Å². The maximum Gasteiger partial charge on any atom is 0.0701 e. The summed E-state index contributed by atoms with van der Waals surface area (Å²) >= 11 is 0. The minimum atomic E-state index is 0.210. The van der Waals surface area contributed by atoms with Crippen molar-refractivity contribution in [3.05, 3.63) is 29.8 Å². The molecule has 0 unspecified atom stereocenters. The number of rotatable bonds is 7. The van der Waals surface area contributed by atoms with Crippen LogP contribution in [0, 0.1) is 0 Å². The zero-order valence-corrected chi connectivity index (χ0v) is 12.0. The van der Waals surface area contributed by atoms with E-state index >= 15 is 0 Å². The summed E-state index contributed by atoms with van der Waals surface area (Å²) in [7, 11) is 1.68. The third-order valence-electron chi connectivity index (χ3n) is 2.76. The summed E-state index contributed by atoms with van der Waals surface area (Å²) in [5.41, 5.74) is 2.70. The number of methoxy groups -OCH3 is 1. The van der Waals surface area contributed by atoms with Crippen LogP contribution in [-0.4, -0.2) is 33.5 Å². The van der Waals surface area contributed by atoms with Crippen LogP contribution >= 0.6 is 0 Å². The van der Waals surface area contributed by atoms with E-state index in [4.69, 9.17) is 9.47 Å². The Bertz CT molecular complexity index is 327. The molecule has 0 atom stereocenters. The number of hydrogen-bond acceptors (Lipinski definition) is 3. The molecule has 102 valence electrons. The molecule has 0 spiro atoms. The lowest BCUT2D eigenvalue weighted by molar-refractivity contribution is 0.0759. The minimum absolute atomic E-state index is 0.210. The van der Waals surface area contributed by atoms with Gasteiger partial charge in [-0.15, -0.1) is 0 Å². The Balaban J connectivity index is 2.27. The van der Waals surface area contributed by atoms with Crippen molar-refractivity contribution in [2.75, 3.05) is 38.8 Å².